The molecule has 28 heavy (non-hydrogen) atoms. The Balaban J connectivity index is 1.40. The van der Waals surface area contributed by atoms with Crippen LogP contribution in [0.25, 0.3) is 10.9 Å². The fourth-order valence-electron chi connectivity index (χ4n) is 2.84. The smallest absolute Gasteiger partial charge is 0.255 e. The number of nitrogen functional groups attached to an aromatic ring is 1. The fraction of sp³-hybridized carbons (Fsp3) is 0.0435. The van der Waals surface area contributed by atoms with Gasteiger partial charge < -0.3 is 15.8 Å². The van der Waals surface area contributed by atoms with Crippen molar-refractivity contribution in [2.45, 2.75) is 6.61 Å². The topological polar surface area (TPSA) is 77.2 Å². The highest BCUT2D eigenvalue weighted by Crippen LogP contribution is 2.19. The van der Waals surface area contributed by atoms with E-state index in [0.29, 0.717) is 29.4 Å². The Morgan fingerprint density at radius 3 is 2.46 bits per heavy atom. The molecule has 3 aromatic carbocycles. The number of carbonyl (C=O) groups is 1. The number of fused-ring (bicyclic) bond motifs is 1. The molecule has 0 bridgehead atoms. The van der Waals surface area contributed by atoms with Crippen molar-refractivity contribution in [3.05, 3.63) is 96.1 Å². The lowest BCUT2D eigenvalue weighted by molar-refractivity contribution is 0.102. The zero-order chi connectivity index (χ0) is 19.3. The van der Waals surface area contributed by atoms with Crippen LogP contribution >= 0.6 is 0 Å². The molecule has 0 atom stereocenters. The quantitative estimate of drug-likeness (QED) is 0.502. The molecule has 5 nitrogen and oxygen atoms in total. The molecule has 138 valence electrons. The van der Waals surface area contributed by atoms with E-state index in [9.17, 15) is 4.79 Å². The number of rotatable bonds is 5. The number of para-hydroxylation sites is 3. The summed E-state index contributed by atoms with van der Waals surface area (Å²) in [7, 11) is 0. The number of amides is 1. The molecule has 0 unspecified atom stereocenters. The molecule has 3 N–H and O–H groups in total. The molecule has 4 aromatic rings. The van der Waals surface area contributed by atoms with Gasteiger partial charge in [-0.3, -0.25) is 4.79 Å². The minimum absolute atomic E-state index is 0.207. The van der Waals surface area contributed by atoms with Gasteiger partial charge in [0.15, 0.2) is 0 Å². The van der Waals surface area contributed by atoms with Crippen molar-refractivity contribution >= 4 is 28.2 Å². The fourth-order valence-corrected chi connectivity index (χ4v) is 2.84. The van der Waals surface area contributed by atoms with Gasteiger partial charge in [-0.2, -0.15) is 0 Å². The number of anilines is 2. The van der Waals surface area contributed by atoms with Crippen LogP contribution in [0.4, 0.5) is 11.4 Å². The normalized spacial score (nSPS) is 10.6. The van der Waals surface area contributed by atoms with Gasteiger partial charge in [0.2, 0.25) is 5.88 Å². The lowest BCUT2D eigenvalue weighted by Gasteiger charge is -2.09. The van der Waals surface area contributed by atoms with Gasteiger partial charge in [-0.1, -0.05) is 42.5 Å². The number of ether oxygens (including phenoxy) is 1. The third-order valence-electron chi connectivity index (χ3n) is 4.38. The van der Waals surface area contributed by atoms with Crippen molar-refractivity contribution < 1.29 is 9.53 Å². The van der Waals surface area contributed by atoms with Crippen LogP contribution in [0.5, 0.6) is 5.88 Å². The predicted molar refractivity (Wildman–Crippen MR) is 111 cm³/mol. The number of aromatic nitrogens is 1. The van der Waals surface area contributed by atoms with E-state index < -0.39 is 0 Å². The first-order chi connectivity index (χ1) is 13.7. The summed E-state index contributed by atoms with van der Waals surface area (Å²) in [5.74, 6) is 0.363. The molecule has 0 aliphatic carbocycles. The Morgan fingerprint density at radius 2 is 1.64 bits per heavy atom. The van der Waals surface area contributed by atoms with Crippen molar-refractivity contribution in [2.24, 2.45) is 0 Å². The number of carbonyl (C=O) groups excluding carboxylic acids is 1. The Bertz CT molecular complexity index is 1120. The van der Waals surface area contributed by atoms with Crippen LogP contribution in [-0.4, -0.2) is 10.9 Å². The van der Waals surface area contributed by atoms with Crippen LogP contribution in [0.2, 0.25) is 0 Å². The number of nitrogens with two attached hydrogens (primary N) is 1. The average Bonchev–Trinajstić information content (AvgIpc) is 2.74. The largest absolute Gasteiger partial charge is 0.473 e. The Labute approximate surface area is 162 Å². The first-order valence-electron chi connectivity index (χ1n) is 8.92. The number of nitrogens with one attached hydrogen (secondary N) is 1. The van der Waals surface area contributed by atoms with Gasteiger partial charge in [0.05, 0.1) is 16.9 Å². The number of hydrogen-bond acceptors (Lipinski definition) is 4. The summed E-state index contributed by atoms with van der Waals surface area (Å²) in [6.07, 6.45) is 0. The maximum atomic E-state index is 12.4. The molecule has 1 heterocycles. The molecule has 1 amide bonds. The van der Waals surface area contributed by atoms with E-state index in [1.54, 1.807) is 24.3 Å². The Kier molecular flexibility index (Phi) is 4.89. The molecular weight excluding hydrogens is 350 g/mol. The standard InChI is InChI=1S/C23H19N3O2/c24-19-6-2-4-8-21(19)26-23(27)18-11-9-16(10-12-18)15-28-22-14-13-17-5-1-3-7-20(17)25-22/h1-14H,15,24H2,(H,26,27). The summed E-state index contributed by atoms with van der Waals surface area (Å²) in [4.78, 5) is 16.9. The van der Waals surface area contributed by atoms with Crippen LogP contribution in [0.1, 0.15) is 15.9 Å². The van der Waals surface area contributed by atoms with Gasteiger partial charge in [-0.05, 0) is 42.0 Å². The minimum atomic E-state index is -0.207. The number of nitrogens with zero attached hydrogens (tertiary/aromatic N) is 1. The van der Waals surface area contributed by atoms with Crippen LogP contribution in [0.15, 0.2) is 84.9 Å². The lowest BCUT2D eigenvalue weighted by Crippen LogP contribution is -2.13. The van der Waals surface area contributed by atoms with E-state index in [4.69, 9.17) is 10.5 Å². The third-order valence-corrected chi connectivity index (χ3v) is 4.38. The van der Waals surface area contributed by atoms with Crippen molar-refractivity contribution in [3.63, 3.8) is 0 Å². The second kappa shape index (κ2) is 7.80. The first-order valence-corrected chi connectivity index (χ1v) is 8.92. The molecule has 0 fully saturated rings. The summed E-state index contributed by atoms with van der Waals surface area (Å²) in [6, 6.07) is 26.2. The number of benzene rings is 3. The van der Waals surface area contributed by atoms with Gasteiger partial charge >= 0.3 is 0 Å². The lowest BCUT2D eigenvalue weighted by atomic mass is 10.1. The molecule has 0 saturated carbocycles. The number of pyridine rings is 1. The van der Waals surface area contributed by atoms with E-state index in [-0.39, 0.29) is 5.91 Å². The highest BCUT2D eigenvalue weighted by atomic mass is 16.5. The molecule has 4 rings (SSSR count). The van der Waals surface area contributed by atoms with Crippen molar-refractivity contribution in [2.75, 3.05) is 11.1 Å². The van der Waals surface area contributed by atoms with E-state index in [2.05, 4.69) is 10.3 Å². The molecular formula is C23H19N3O2. The van der Waals surface area contributed by atoms with E-state index in [1.807, 2.05) is 60.7 Å². The third kappa shape index (κ3) is 3.94. The van der Waals surface area contributed by atoms with Crippen molar-refractivity contribution in [3.8, 4) is 5.88 Å². The second-order valence-electron chi connectivity index (χ2n) is 6.37. The molecule has 0 saturated heterocycles. The molecule has 1 aromatic heterocycles. The van der Waals surface area contributed by atoms with Crippen molar-refractivity contribution in [1.82, 2.24) is 4.98 Å². The van der Waals surface area contributed by atoms with Gasteiger partial charge in [0, 0.05) is 17.0 Å². The minimum Gasteiger partial charge on any atom is -0.473 e. The Hall–Kier alpha value is -3.86. The van der Waals surface area contributed by atoms with Gasteiger partial charge in [0.1, 0.15) is 6.61 Å². The maximum absolute atomic E-state index is 12.4. The Morgan fingerprint density at radius 1 is 0.893 bits per heavy atom. The predicted octanol–water partition coefficient (Wildman–Crippen LogP) is 4.65. The van der Waals surface area contributed by atoms with Crippen molar-refractivity contribution in [1.29, 1.82) is 0 Å². The van der Waals surface area contributed by atoms with Crippen LogP contribution < -0.4 is 15.8 Å². The SMILES string of the molecule is Nc1ccccc1NC(=O)c1ccc(COc2ccc3ccccc3n2)cc1. The van der Waals surface area contributed by atoms with E-state index >= 15 is 0 Å². The monoisotopic (exact) mass is 369 g/mol. The van der Waals surface area contributed by atoms with Gasteiger partial charge in [-0.25, -0.2) is 4.98 Å². The summed E-state index contributed by atoms with van der Waals surface area (Å²) < 4.78 is 5.78. The molecule has 0 radical (unpaired) electrons. The van der Waals surface area contributed by atoms with E-state index in [0.717, 1.165) is 16.5 Å². The highest BCUT2D eigenvalue weighted by molar-refractivity contribution is 6.05. The molecule has 5 heteroatoms. The summed E-state index contributed by atoms with van der Waals surface area (Å²) >= 11 is 0. The summed E-state index contributed by atoms with van der Waals surface area (Å²) in [5.41, 5.74) is 9.39. The van der Waals surface area contributed by atoms with E-state index in [1.165, 1.54) is 0 Å². The average molecular weight is 369 g/mol. The second-order valence-corrected chi connectivity index (χ2v) is 6.37. The zero-order valence-corrected chi connectivity index (χ0v) is 15.1. The van der Waals surface area contributed by atoms with Crippen LogP contribution in [-0.2, 0) is 6.61 Å². The maximum Gasteiger partial charge on any atom is 0.255 e. The van der Waals surface area contributed by atoms with Gasteiger partial charge in [-0.15, -0.1) is 0 Å². The highest BCUT2D eigenvalue weighted by Gasteiger charge is 2.08. The summed E-state index contributed by atoms with van der Waals surface area (Å²) in [5, 5.41) is 3.89. The summed E-state index contributed by atoms with van der Waals surface area (Å²) in [6.45, 7) is 0.374. The number of hydrogen-bond donors (Lipinski definition) is 2. The van der Waals surface area contributed by atoms with Crippen LogP contribution in [0, 0.1) is 0 Å². The van der Waals surface area contributed by atoms with Gasteiger partial charge in [0.25, 0.3) is 5.91 Å². The molecule has 0 aliphatic rings. The first kappa shape index (κ1) is 17.5. The zero-order valence-electron chi connectivity index (χ0n) is 15.1. The van der Waals surface area contributed by atoms with Crippen LogP contribution in [0.3, 0.4) is 0 Å². The molecule has 0 aliphatic heterocycles. The molecule has 0 spiro atoms.